The van der Waals surface area contributed by atoms with Crippen LogP contribution in [0.4, 0.5) is 0 Å². The van der Waals surface area contributed by atoms with Crippen molar-refractivity contribution in [2.75, 3.05) is 0 Å². The summed E-state index contributed by atoms with van der Waals surface area (Å²) in [4.78, 5) is 20.8. The van der Waals surface area contributed by atoms with E-state index in [9.17, 15) is 9.59 Å². The predicted octanol–water partition coefficient (Wildman–Crippen LogP) is 16.2. The van der Waals surface area contributed by atoms with Crippen LogP contribution < -0.4 is 0 Å². The highest BCUT2D eigenvalue weighted by molar-refractivity contribution is 5.66. The van der Waals surface area contributed by atoms with Crippen LogP contribution in [0.2, 0.25) is 0 Å². The summed E-state index contributed by atoms with van der Waals surface area (Å²) in [5.74, 6) is -1.30. The largest absolute Gasteiger partial charge is 0.481 e. The topological polar surface area (TPSA) is 74.6 Å². The monoisotopic (exact) mass is 695 g/mol. The van der Waals surface area contributed by atoms with Crippen LogP contribution >= 0.6 is 0 Å². The Balaban J connectivity index is 0. The average molecular weight is 695 g/mol. The number of unbranched alkanes of at least 4 members (excludes halogenated alkanes) is 37. The normalized spacial score (nSPS) is 11.1. The zero-order chi connectivity index (χ0) is 36.1. The van der Waals surface area contributed by atoms with Crippen LogP contribution in [0.25, 0.3) is 0 Å². The standard InChI is InChI=1S/C23H46O2.C22H44O2/c1-2-3-4-5-6-7-8-9-10-11-12-13-14-15-16-17-18-19-20-21-22-23(24)25;1-2-3-4-5-6-7-8-9-10-11-12-13-14-15-16-17-18-19-20-21-22(23)24/h2-22H2,1H3,(H,24,25);2-21H2,1H3,(H,23,24). The van der Waals surface area contributed by atoms with Gasteiger partial charge in [0.05, 0.1) is 0 Å². The molecule has 0 saturated carbocycles. The van der Waals surface area contributed by atoms with E-state index in [4.69, 9.17) is 10.2 Å². The average Bonchev–Trinajstić information content (AvgIpc) is 3.08. The minimum absolute atomic E-state index is 0.346. The van der Waals surface area contributed by atoms with E-state index in [0.717, 1.165) is 25.7 Å². The van der Waals surface area contributed by atoms with Gasteiger partial charge in [-0.25, -0.2) is 0 Å². The highest BCUT2D eigenvalue weighted by Gasteiger charge is 1.99. The summed E-state index contributed by atoms with van der Waals surface area (Å²) in [6.07, 6.45) is 53.7. The van der Waals surface area contributed by atoms with Crippen molar-refractivity contribution in [2.24, 2.45) is 0 Å². The number of hydrogen-bond acceptors (Lipinski definition) is 2. The van der Waals surface area contributed by atoms with Gasteiger partial charge in [0.25, 0.3) is 0 Å². The summed E-state index contributed by atoms with van der Waals surface area (Å²) in [6, 6.07) is 0. The summed E-state index contributed by atoms with van der Waals surface area (Å²) in [6.45, 7) is 4.57. The first-order valence-electron chi connectivity index (χ1n) is 22.5. The quantitative estimate of drug-likeness (QED) is 0.0625. The number of carboxylic acids is 2. The van der Waals surface area contributed by atoms with Crippen molar-refractivity contribution < 1.29 is 19.8 Å². The maximum atomic E-state index is 10.4. The molecule has 2 N–H and O–H groups in total. The number of rotatable bonds is 41. The Morgan fingerprint density at radius 2 is 0.367 bits per heavy atom. The van der Waals surface area contributed by atoms with E-state index in [1.54, 1.807) is 0 Å². The third-order valence-electron chi connectivity index (χ3n) is 10.2. The molecule has 0 aromatic heterocycles. The molecule has 0 aliphatic carbocycles. The lowest BCUT2D eigenvalue weighted by atomic mass is 10.0. The molecule has 0 aromatic rings. The van der Waals surface area contributed by atoms with Gasteiger partial charge in [-0.05, 0) is 12.8 Å². The van der Waals surface area contributed by atoms with Crippen LogP contribution in [0.5, 0.6) is 0 Å². The SMILES string of the molecule is CCCCCCCCCCCCCCCCCCCCCC(=O)O.CCCCCCCCCCCCCCCCCCCCCCC(=O)O. The lowest BCUT2D eigenvalue weighted by Gasteiger charge is -2.04. The van der Waals surface area contributed by atoms with E-state index < -0.39 is 11.9 Å². The van der Waals surface area contributed by atoms with Gasteiger partial charge in [0.1, 0.15) is 0 Å². The van der Waals surface area contributed by atoms with Crippen molar-refractivity contribution in [1.82, 2.24) is 0 Å². The molecule has 0 aromatic carbocycles. The smallest absolute Gasteiger partial charge is 0.303 e. The maximum Gasteiger partial charge on any atom is 0.303 e. The molecule has 0 atom stereocenters. The number of hydrogen-bond donors (Lipinski definition) is 2. The second-order valence-electron chi connectivity index (χ2n) is 15.4. The molecular weight excluding hydrogens is 604 g/mol. The molecule has 0 aliphatic heterocycles. The zero-order valence-corrected chi connectivity index (χ0v) is 33.7. The Labute approximate surface area is 308 Å². The van der Waals surface area contributed by atoms with Crippen LogP contribution in [-0.2, 0) is 9.59 Å². The highest BCUT2D eigenvalue weighted by atomic mass is 16.4. The molecule has 4 heteroatoms. The minimum atomic E-state index is -0.651. The van der Waals surface area contributed by atoms with Gasteiger partial charge >= 0.3 is 11.9 Å². The fraction of sp³-hybridized carbons (Fsp3) is 0.956. The highest BCUT2D eigenvalue weighted by Crippen LogP contribution is 2.16. The van der Waals surface area contributed by atoms with Crippen LogP contribution in [0.15, 0.2) is 0 Å². The molecular formula is C45H90O4. The molecule has 4 nitrogen and oxygen atoms in total. The molecule has 0 aliphatic rings. The van der Waals surface area contributed by atoms with Gasteiger partial charge in [-0.2, -0.15) is 0 Å². The van der Waals surface area contributed by atoms with Crippen molar-refractivity contribution >= 4 is 11.9 Å². The molecule has 0 spiro atoms. The molecule has 0 radical (unpaired) electrons. The molecule has 49 heavy (non-hydrogen) atoms. The van der Waals surface area contributed by atoms with Crippen molar-refractivity contribution in [3.05, 3.63) is 0 Å². The van der Waals surface area contributed by atoms with E-state index in [1.165, 1.54) is 225 Å². The minimum Gasteiger partial charge on any atom is -0.481 e. The Bertz CT molecular complexity index is 619. The van der Waals surface area contributed by atoms with E-state index in [1.807, 2.05) is 0 Å². The third kappa shape index (κ3) is 53.9. The van der Waals surface area contributed by atoms with E-state index in [2.05, 4.69) is 13.8 Å². The molecule has 0 fully saturated rings. The molecule has 0 bridgehead atoms. The lowest BCUT2D eigenvalue weighted by molar-refractivity contribution is -0.138. The van der Waals surface area contributed by atoms with Crippen LogP contribution in [0.1, 0.15) is 277 Å². The summed E-state index contributed by atoms with van der Waals surface area (Å²) in [5, 5.41) is 17.1. The summed E-state index contributed by atoms with van der Waals surface area (Å²) in [5.41, 5.74) is 0. The van der Waals surface area contributed by atoms with Crippen molar-refractivity contribution in [2.45, 2.75) is 277 Å². The second-order valence-corrected chi connectivity index (χ2v) is 15.4. The van der Waals surface area contributed by atoms with Gasteiger partial charge in [0, 0.05) is 12.8 Å². The predicted molar refractivity (Wildman–Crippen MR) is 216 cm³/mol. The summed E-state index contributed by atoms with van der Waals surface area (Å²) in [7, 11) is 0. The van der Waals surface area contributed by atoms with Crippen LogP contribution in [0.3, 0.4) is 0 Å². The van der Waals surface area contributed by atoms with Crippen LogP contribution in [-0.4, -0.2) is 22.2 Å². The lowest BCUT2D eigenvalue weighted by Crippen LogP contribution is -1.93. The van der Waals surface area contributed by atoms with Crippen LogP contribution in [0, 0.1) is 0 Å². The second kappa shape index (κ2) is 46.9. The Morgan fingerprint density at radius 3 is 0.490 bits per heavy atom. The van der Waals surface area contributed by atoms with Crippen molar-refractivity contribution in [3.63, 3.8) is 0 Å². The first-order chi connectivity index (χ1) is 24.0. The van der Waals surface area contributed by atoms with Gasteiger partial charge in [-0.1, -0.05) is 251 Å². The fourth-order valence-corrected chi connectivity index (χ4v) is 6.89. The van der Waals surface area contributed by atoms with Crippen molar-refractivity contribution in [3.8, 4) is 0 Å². The molecule has 0 amide bonds. The summed E-state index contributed by atoms with van der Waals surface area (Å²) >= 11 is 0. The number of carboxylic acid groups (broad SMARTS) is 2. The van der Waals surface area contributed by atoms with Gasteiger partial charge in [0.2, 0.25) is 0 Å². The Hall–Kier alpha value is -1.06. The zero-order valence-electron chi connectivity index (χ0n) is 33.7. The van der Waals surface area contributed by atoms with Gasteiger partial charge < -0.3 is 10.2 Å². The first kappa shape index (κ1) is 50.0. The third-order valence-corrected chi connectivity index (χ3v) is 10.2. The Morgan fingerprint density at radius 1 is 0.245 bits per heavy atom. The Kier molecular flexibility index (Phi) is 47.9. The molecule has 294 valence electrons. The maximum absolute atomic E-state index is 10.4. The number of aliphatic carboxylic acids is 2. The van der Waals surface area contributed by atoms with E-state index in [-0.39, 0.29) is 0 Å². The van der Waals surface area contributed by atoms with Gasteiger partial charge in [0.15, 0.2) is 0 Å². The van der Waals surface area contributed by atoms with E-state index in [0.29, 0.717) is 12.8 Å². The fourth-order valence-electron chi connectivity index (χ4n) is 6.89. The van der Waals surface area contributed by atoms with Gasteiger partial charge in [-0.3, -0.25) is 9.59 Å². The molecule has 0 rings (SSSR count). The van der Waals surface area contributed by atoms with Gasteiger partial charge in [-0.15, -0.1) is 0 Å². The summed E-state index contributed by atoms with van der Waals surface area (Å²) < 4.78 is 0. The first-order valence-corrected chi connectivity index (χ1v) is 22.5. The number of carbonyl (C=O) groups is 2. The molecule has 0 saturated heterocycles. The van der Waals surface area contributed by atoms with E-state index >= 15 is 0 Å². The molecule has 0 unspecified atom stereocenters. The van der Waals surface area contributed by atoms with Crippen molar-refractivity contribution in [1.29, 1.82) is 0 Å². The molecule has 0 heterocycles.